The van der Waals surface area contributed by atoms with Gasteiger partial charge < -0.3 is 66.9 Å². The molecule has 4 heterocycles. The van der Waals surface area contributed by atoms with Crippen LogP contribution in [0.4, 0.5) is 26.3 Å². The molecule has 2 aliphatic carbocycles. The standard InChI is InChI=1S/C26H32F2N4O4S.C17H22FN3O6S.C17H24FN3O5S.C17H22FN3O5S.C9H10FN.CH4/c1-37(35,36)32-15-13-31(14-16-32)26(34)23(30-25(33)19-6-10-21(28)11-7-19)3-2-12-29-24-17-22(24)18-4-8-20(27)9-5-18;1-28(26,27)21-10-8-20(9-11-21)17(25)14(6-7-15(22)23)19-16(24)12-2-4-13(18)5-3-12;2*1-27(25,26)21-10-8-20(9-11-21)17(24)15(3-2-12-22)19-16(23)13-4-6-14(18)7-5-13;10-7-3-1-6(2-4-7)8-5-9(8)11;/h4-11,22-24,29H,2-3,12-17H2,1H3,(H,30,33);2-5,14H,6-11H2,1H3,(H,19,24)(H,22,23);4-7,15,22H,2-3,8-12H2,1H3,(H,19,23);4-7,12,15H,2-3,8-11H2,1H3,(H,19,23);1-4,8-9H,5,11H2;1H4/t22-,23-,24+;14-;2*15-;8-,9+;/m00000./s1/i;;;;;1D. The van der Waals surface area contributed by atoms with Crippen molar-refractivity contribution in [3.63, 3.8) is 0 Å². The fourth-order valence-electron chi connectivity index (χ4n) is 14.4. The summed E-state index contributed by atoms with van der Waals surface area (Å²) in [6, 6.07) is 29.7. The molecular weight excluding hydrogens is 1800 g/mol. The van der Waals surface area contributed by atoms with Gasteiger partial charge in [-0.3, -0.25) is 43.2 Å². The van der Waals surface area contributed by atoms with Crippen LogP contribution in [-0.4, -0.2) is 319 Å². The molecule has 0 bridgehead atoms. The maximum Gasteiger partial charge on any atom is 0.303 e. The van der Waals surface area contributed by atoms with Crippen molar-refractivity contribution in [1.82, 2.24) is 63.4 Å². The zero-order valence-corrected chi connectivity index (χ0v) is 76.4. The Bertz CT molecular complexity index is 5320. The normalized spacial score (nSPS) is 18.7. The number of carboxylic acids is 1. The Labute approximate surface area is 760 Å². The van der Waals surface area contributed by atoms with E-state index < -0.39 is 123 Å². The van der Waals surface area contributed by atoms with E-state index in [9.17, 15) is 108 Å². The van der Waals surface area contributed by atoms with E-state index in [1.54, 1.807) is 17.0 Å². The lowest BCUT2D eigenvalue weighted by atomic mass is 10.1. The number of rotatable bonds is 32. The molecule has 44 heteroatoms. The zero-order chi connectivity index (χ0) is 97.4. The molecular formula is C87H114F6N14O20S4. The van der Waals surface area contributed by atoms with Crippen LogP contribution in [0.5, 0.6) is 0 Å². The van der Waals surface area contributed by atoms with Gasteiger partial charge in [0.05, 0.1) is 25.0 Å². The molecule has 6 aromatic carbocycles. The number of piperazine rings is 4. The van der Waals surface area contributed by atoms with E-state index in [4.69, 9.17) is 17.3 Å². The van der Waals surface area contributed by atoms with E-state index in [2.05, 4.69) is 26.6 Å². The van der Waals surface area contributed by atoms with Crippen molar-refractivity contribution >= 4 is 99.6 Å². The van der Waals surface area contributed by atoms with Gasteiger partial charge in [0.2, 0.25) is 63.7 Å². The van der Waals surface area contributed by atoms with Gasteiger partial charge in [0.1, 0.15) is 65.4 Å². The molecule has 8 amide bonds. The molecule has 8 atom stereocenters. The van der Waals surface area contributed by atoms with Gasteiger partial charge in [0.25, 0.3) is 23.6 Å². The number of benzene rings is 6. The van der Waals surface area contributed by atoms with Gasteiger partial charge in [-0.1, -0.05) is 31.7 Å². The Hall–Kier alpha value is -10.7. The number of aliphatic hydroxyl groups is 1. The zero-order valence-electron chi connectivity index (χ0n) is 74.2. The molecule has 6 aromatic rings. The first-order valence-electron chi connectivity index (χ1n) is 42.9. The number of carbonyl (C=O) groups is 10. The largest absolute Gasteiger partial charge is 0.481 e. The molecule has 34 nitrogen and oxygen atoms in total. The third kappa shape index (κ3) is 34.8. The predicted molar refractivity (Wildman–Crippen MR) is 474 cm³/mol. The molecule has 718 valence electrons. The first-order valence-corrected chi connectivity index (χ1v) is 49.3. The fourth-order valence-corrected chi connectivity index (χ4v) is 17.7. The number of carbonyl (C=O) groups excluding carboxylic acids is 9. The van der Waals surface area contributed by atoms with E-state index in [-0.39, 0.29) is 201 Å². The third-order valence-corrected chi connectivity index (χ3v) is 27.3. The molecule has 12 rings (SSSR count). The number of hydrogen-bond acceptors (Lipinski definition) is 21. The summed E-state index contributed by atoms with van der Waals surface area (Å²) in [6.07, 6.45) is 8.47. The molecule has 0 radical (unpaired) electrons. The van der Waals surface area contributed by atoms with E-state index in [0.29, 0.717) is 50.0 Å². The van der Waals surface area contributed by atoms with E-state index in [1.807, 2.05) is 12.1 Å². The Morgan fingerprint density at radius 2 is 0.641 bits per heavy atom. The summed E-state index contributed by atoms with van der Waals surface area (Å²) in [7, 11) is -12.1. The second-order valence-electron chi connectivity index (χ2n) is 31.8. The number of nitrogens with zero attached hydrogens (tertiary/aromatic N) is 8. The summed E-state index contributed by atoms with van der Waals surface area (Å²) >= 11 is 0. The second kappa shape index (κ2) is 50.3. The number of nitrogens with one attached hydrogen (secondary N) is 5. The third-order valence-electron chi connectivity index (χ3n) is 22.1. The molecule has 4 saturated heterocycles. The van der Waals surface area contributed by atoms with Crippen LogP contribution in [-0.2, 0) is 68.9 Å². The summed E-state index contributed by atoms with van der Waals surface area (Å²) in [5.74, 6) is -6.27. The van der Waals surface area contributed by atoms with Crippen molar-refractivity contribution in [3.8, 4) is 0 Å². The first-order chi connectivity index (χ1) is 62.4. The van der Waals surface area contributed by atoms with Crippen molar-refractivity contribution in [1.29, 1.82) is 0 Å². The minimum atomic E-state index is -3.36. The summed E-state index contributed by atoms with van der Waals surface area (Å²) in [4.78, 5) is 129. The highest BCUT2D eigenvalue weighted by Gasteiger charge is 2.40. The Kier molecular flexibility index (Phi) is 40.5. The van der Waals surface area contributed by atoms with Crippen molar-refractivity contribution in [2.24, 2.45) is 5.73 Å². The Morgan fingerprint density at radius 3 is 0.885 bits per heavy atom. The lowest BCUT2D eigenvalue weighted by molar-refractivity contribution is -0.138. The molecule has 6 fully saturated rings. The van der Waals surface area contributed by atoms with Crippen LogP contribution in [0.25, 0.3) is 0 Å². The van der Waals surface area contributed by atoms with Gasteiger partial charge in [-0.2, -0.15) is 17.2 Å². The highest BCUT2D eigenvalue weighted by Crippen LogP contribution is 2.41. The highest BCUT2D eigenvalue weighted by atomic mass is 32.2. The average molecular weight is 1920 g/mol. The van der Waals surface area contributed by atoms with E-state index >= 15 is 0 Å². The molecule has 9 N–H and O–H groups in total. The quantitative estimate of drug-likeness (QED) is 0.0168. The van der Waals surface area contributed by atoms with Gasteiger partial charge in [-0.25, -0.2) is 60.0 Å². The Balaban J connectivity index is 0.000000231. The number of aldehydes is 1. The number of carboxylic acid groups (broad SMARTS) is 1. The van der Waals surface area contributed by atoms with Crippen LogP contribution in [0.15, 0.2) is 146 Å². The molecule has 0 aromatic heterocycles. The van der Waals surface area contributed by atoms with Crippen molar-refractivity contribution in [2.45, 2.75) is 120 Å². The lowest BCUT2D eigenvalue weighted by Gasteiger charge is -2.35. The van der Waals surface area contributed by atoms with Gasteiger partial charge in [0, 0.05) is 172 Å². The molecule has 6 aliphatic rings. The maximum atomic E-state index is 13.3. The number of aliphatic carboxylic acids is 1. The average Bonchev–Trinajstić information content (AvgIpc) is 1.65. The van der Waals surface area contributed by atoms with Gasteiger partial charge in [-0.05, 0) is 190 Å². The van der Waals surface area contributed by atoms with Crippen LogP contribution in [0.2, 0.25) is 0 Å². The smallest absolute Gasteiger partial charge is 0.303 e. The first kappa shape index (κ1) is 106. The molecule has 131 heavy (non-hydrogen) atoms. The topological polar surface area (TPSA) is 460 Å². The lowest BCUT2D eigenvalue weighted by Crippen LogP contribution is -2.55. The fraction of sp³-hybridized carbons (Fsp3) is 0.471. The van der Waals surface area contributed by atoms with Gasteiger partial charge >= 0.3 is 5.97 Å². The molecule has 4 aliphatic heterocycles. The predicted octanol–water partition coefficient (Wildman–Crippen LogP) is 4.07. The second-order valence-corrected chi connectivity index (χ2v) is 39.7. The SMILES string of the molecule is CS(=O)(=O)N1CCN(C(=O)[C@H](CCC(=O)O)NC(=O)c2ccc(F)cc2)CC1.CS(=O)(=O)N1CCN(C(=O)[C@H](CCC=O)NC(=O)c2ccc(F)cc2)CC1.CS(=O)(=O)N1CCN(C(=O)[C@H](CCCN[C@@H]2C[C@H]2c2ccc(F)cc2)NC(=O)c2ccc(F)cc2)CC1.CS(=O)(=O)N1CCN(C(=O)[C@H](CCCO)NC(=O)c2ccc(F)cc2)CC1.N[C@@H]1C[C@H]1c1ccc(F)cc1.[2H]C. The minimum absolute atomic E-state index is 0.0867. The van der Waals surface area contributed by atoms with Gasteiger partial charge in [0.15, 0.2) is 0 Å². The summed E-state index contributed by atoms with van der Waals surface area (Å²) in [5.41, 5.74) is 8.70. The number of hydrogen-bond donors (Lipinski definition) is 8. The number of halogens is 6. The Morgan fingerprint density at radius 1 is 0.397 bits per heavy atom. The molecule has 2 saturated carbocycles. The number of aliphatic hydroxyl groups excluding tert-OH is 1. The van der Waals surface area contributed by atoms with Crippen molar-refractivity contribution in [2.75, 3.05) is 143 Å². The van der Waals surface area contributed by atoms with Crippen LogP contribution >= 0.6 is 0 Å². The van der Waals surface area contributed by atoms with E-state index in [1.165, 1.54) is 130 Å². The number of sulfonamides is 4. The van der Waals surface area contributed by atoms with Crippen LogP contribution in [0.3, 0.4) is 0 Å². The monoisotopic (exact) mass is 1920 g/mol. The van der Waals surface area contributed by atoms with Crippen LogP contribution < -0.4 is 32.3 Å². The number of amides is 8. The molecule has 0 spiro atoms. The van der Waals surface area contributed by atoms with Crippen LogP contribution in [0.1, 0.15) is 137 Å². The van der Waals surface area contributed by atoms with Gasteiger partial charge in [-0.15, -0.1) is 0 Å². The summed E-state index contributed by atoms with van der Waals surface area (Å²) in [6.45, 7) is 3.57. The van der Waals surface area contributed by atoms with Crippen LogP contribution in [0, 0.1) is 34.9 Å². The van der Waals surface area contributed by atoms with Crippen molar-refractivity contribution in [3.05, 3.63) is 214 Å². The van der Waals surface area contributed by atoms with Crippen molar-refractivity contribution < 1.29 is 120 Å². The summed E-state index contributed by atoms with van der Waals surface area (Å²) < 4.78 is 182. The minimum Gasteiger partial charge on any atom is -0.481 e. The molecule has 0 unspecified atom stereocenters. The maximum absolute atomic E-state index is 13.3. The highest BCUT2D eigenvalue weighted by molar-refractivity contribution is 7.89. The number of nitrogens with two attached hydrogens (primary N) is 1. The summed E-state index contributed by atoms with van der Waals surface area (Å²) in [5, 5.41) is 31.9. The van der Waals surface area contributed by atoms with E-state index in [0.717, 1.165) is 79.8 Å².